The Morgan fingerprint density at radius 2 is 1.93 bits per heavy atom. The third-order valence-corrected chi connectivity index (χ3v) is 6.18. The molecule has 0 spiro atoms. The summed E-state index contributed by atoms with van der Waals surface area (Å²) in [6.45, 7) is 3.99. The van der Waals surface area contributed by atoms with Crippen molar-refractivity contribution < 1.29 is 14.3 Å². The zero-order chi connectivity index (χ0) is 19.3. The van der Waals surface area contributed by atoms with Crippen molar-refractivity contribution in [3.8, 4) is 5.75 Å². The Morgan fingerprint density at radius 1 is 1.26 bits per heavy atom. The number of methoxy groups -OCH3 is 1. The van der Waals surface area contributed by atoms with E-state index in [1.165, 1.54) is 32.8 Å². The smallest absolute Gasteiger partial charge is 0.255 e. The van der Waals surface area contributed by atoms with Gasteiger partial charge >= 0.3 is 0 Å². The summed E-state index contributed by atoms with van der Waals surface area (Å²) in [5.41, 5.74) is 6.65. The van der Waals surface area contributed by atoms with Gasteiger partial charge in [-0.25, -0.2) is 0 Å². The first-order valence-electron chi connectivity index (χ1n) is 9.80. The molecule has 3 N–H and O–H groups in total. The molecule has 0 aromatic heterocycles. The molecule has 1 saturated heterocycles. The summed E-state index contributed by atoms with van der Waals surface area (Å²) in [4.78, 5) is 15.4. The van der Waals surface area contributed by atoms with Crippen LogP contribution in [0.3, 0.4) is 0 Å². The van der Waals surface area contributed by atoms with E-state index in [1.807, 2.05) is 0 Å². The minimum absolute atomic E-state index is 0.000772. The maximum absolute atomic E-state index is 12.9. The fourth-order valence-corrected chi connectivity index (χ4v) is 4.45. The van der Waals surface area contributed by atoms with Crippen molar-refractivity contribution in [3.05, 3.63) is 22.7 Å². The number of amides is 1. The lowest BCUT2D eigenvalue weighted by Gasteiger charge is -2.45. The molecular formula is C20H30ClN3O3. The molecule has 3 rings (SSSR count). The number of nitrogens with two attached hydrogens (primary N) is 1. The van der Waals surface area contributed by atoms with Crippen LogP contribution in [0.4, 0.5) is 5.69 Å². The molecule has 1 amide bonds. The van der Waals surface area contributed by atoms with Crippen molar-refractivity contribution in [3.63, 3.8) is 0 Å². The van der Waals surface area contributed by atoms with Gasteiger partial charge in [-0.1, -0.05) is 37.3 Å². The molecule has 0 unspecified atom stereocenters. The van der Waals surface area contributed by atoms with Gasteiger partial charge in [0.05, 0.1) is 36.6 Å². The number of nitrogens with one attached hydrogen (secondary N) is 1. The minimum atomic E-state index is -0.175. The summed E-state index contributed by atoms with van der Waals surface area (Å²) in [7, 11) is 1.53. The van der Waals surface area contributed by atoms with Crippen LogP contribution in [-0.2, 0) is 4.74 Å². The molecule has 1 aliphatic heterocycles. The number of morpholine rings is 1. The van der Waals surface area contributed by atoms with Gasteiger partial charge in [0, 0.05) is 31.2 Å². The van der Waals surface area contributed by atoms with Gasteiger partial charge in [0.2, 0.25) is 0 Å². The first kappa shape index (κ1) is 20.2. The zero-order valence-corrected chi connectivity index (χ0v) is 16.8. The van der Waals surface area contributed by atoms with Crippen LogP contribution in [0.25, 0.3) is 0 Å². The largest absolute Gasteiger partial charge is 0.496 e. The van der Waals surface area contributed by atoms with E-state index < -0.39 is 0 Å². The van der Waals surface area contributed by atoms with Gasteiger partial charge in [-0.05, 0) is 18.9 Å². The fourth-order valence-electron chi connectivity index (χ4n) is 4.28. The molecule has 0 bridgehead atoms. The second-order valence-corrected chi connectivity index (χ2v) is 7.90. The normalized spacial score (nSPS) is 20.7. The van der Waals surface area contributed by atoms with Crippen LogP contribution in [0, 0.1) is 0 Å². The van der Waals surface area contributed by atoms with Crippen molar-refractivity contribution >= 4 is 23.2 Å². The zero-order valence-electron chi connectivity index (χ0n) is 16.1. The van der Waals surface area contributed by atoms with Crippen LogP contribution in [0.2, 0.25) is 5.02 Å². The average molecular weight is 396 g/mol. The Kier molecular flexibility index (Phi) is 6.84. The summed E-state index contributed by atoms with van der Waals surface area (Å²) in [6.07, 6.45) is 7.14. The Hall–Kier alpha value is -1.50. The van der Waals surface area contributed by atoms with Crippen LogP contribution in [0.5, 0.6) is 5.75 Å². The van der Waals surface area contributed by atoms with Crippen molar-refractivity contribution in [2.75, 3.05) is 45.7 Å². The van der Waals surface area contributed by atoms with Crippen molar-refractivity contribution in [1.29, 1.82) is 0 Å². The van der Waals surface area contributed by atoms with Gasteiger partial charge < -0.3 is 20.5 Å². The minimum Gasteiger partial charge on any atom is -0.496 e. The van der Waals surface area contributed by atoms with Crippen LogP contribution in [0.15, 0.2) is 12.1 Å². The lowest BCUT2D eigenvalue weighted by molar-refractivity contribution is -0.0281. The highest BCUT2D eigenvalue weighted by molar-refractivity contribution is 6.33. The first-order chi connectivity index (χ1) is 13.1. The van der Waals surface area contributed by atoms with E-state index >= 15 is 0 Å². The molecule has 0 radical (unpaired) electrons. The van der Waals surface area contributed by atoms with E-state index in [9.17, 15) is 4.79 Å². The van der Waals surface area contributed by atoms with E-state index in [1.54, 1.807) is 12.1 Å². The summed E-state index contributed by atoms with van der Waals surface area (Å²) < 4.78 is 10.9. The average Bonchev–Trinajstić information content (AvgIpc) is 2.95. The molecule has 1 aliphatic carbocycles. The maximum atomic E-state index is 12.9. The van der Waals surface area contributed by atoms with Gasteiger partial charge in [0.15, 0.2) is 0 Å². The van der Waals surface area contributed by atoms with Crippen molar-refractivity contribution in [1.82, 2.24) is 10.2 Å². The van der Waals surface area contributed by atoms with Crippen molar-refractivity contribution in [2.45, 2.75) is 44.1 Å². The van der Waals surface area contributed by atoms with E-state index in [2.05, 4.69) is 10.2 Å². The molecule has 150 valence electrons. The van der Waals surface area contributed by atoms with Gasteiger partial charge in [0.25, 0.3) is 5.91 Å². The highest BCUT2D eigenvalue weighted by atomic mass is 35.5. The summed E-state index contributed by atoms with van der Waals surface area (Å²) in [5.74, 6) is 0.265. The van der Waals surface area contributed by atoms with E-state index in [-0.39, 0.29) is 11.4 Å². The predicted octanol–water partition coefficient (Wildman–Crippen LogP) is 3.09. The van der Waals surface area contributed by atoms with E-state index in [0.717, 1.165) is 39.1 Å². The number of carbonyl (C=O) groups is 1. The summed E-state index contributed by atoms with van der Waals surface area (Å²) >= 11 is 6.12. The second kappa shape index (κ2) is 9.13. The Bertz CT molecular complexity index is 654. The summed E-state index contributed by atoms with van der Waals surface area (Å²) in [6, 6.07) is 3.18. The predicted molar refractivity (Wildman–Crippen MR) is 108 cm³/mol. The van der Waals surface area contributed by atoms with Crippen molar-refractivity contribution in [2.24, 2.45) is 0 Å². The monoisotopic (exact) mass is 395 g/mol. The molecule has 1 aromatic carbocycles. The lowest BCUT2D eigenvalue weighted by Crippen LogP contribution is -2.58. The number of halogens is 1. The van der Waals surface area contributed by atoms with Crippen LogP contribution in [0.1, 0.15) is 48.9 Å². The topological polar surface area (TPSA) is 76.8 Å². The van der Waals surface area contributed by atoms with Gasteiger partial charge in [-0.15, -0.1) is 0 Å². The van der Waals surface area contributed by atoms with Crippen LogP contribution < -0.4 is 15.8 Å². The molecule has 27 heavy (non-hydrogen) atoms. The molecule has 0 atom stereocenters. The number of hydrogen-bond acceptors (Lipinski definition) is 5. The second-order valence-electron chi connectivity index (χ2n) is 7.49. The quantitative estimate of drug-likeness (QED) is 0.591. The molecule has 6 nitrogen and oxygen atoms in total. The highest BCUT2D eigenvalue weighted by Gasteiger charge is 2.38. The molecule has 1 aromatic rings. The number of ether oxygens (including phenoxy) is 2. The molecular weight excluding hydrogens is 366 g/mol. The fraction of sp³-hybridized carbons (Fsp3) is 0.650. The highest BCUT2D eigenvalue weighted by Crippen LogP contribution is 2.33. The third kappa shape index (κ3) is 4.68. The van der Waals surface area contributed by atoms with Gasteiger partial charge in [0.1, 0.15) is 5.75 Å². The molecule has 1 heterocycles. The number of hydrogen-bond donors (Lipinski definition) is 2. The first-order valence-corrected chi connectivity index (χ1v) is 10.2. The molecule has 7 heteroatoms. The van der Waals surface area contributed by atoms with Gasteiger partial charge in [-0.3, -0.25) is 9.69 Å². The maximum Gasteiger partial charge on any atom is 0.255 e. The molecule has 2 fully saturated rings. The van der Waals surface area contributed by atoms with Gasteiger partial charge in [-0.2, -0.15) is 0 Å². The Labute approximate surface area is 166 Å². The van der Waals surface area contributed by atoms with Crippen LogP contribution in [-0.4, -0.2) is 56.3 Å². The number of nitrogen functional groups attached to an aromatic ring is 1. The van der Waals surface area contributed by atoms with E-state index in [0.29, 0.717) is 28.6 Å². The Balaban J connectivity index is 1.77. The number of anilines is 1. The van der Waals surface area contributed by atoms with Crippen LogP contribution >= 0.6 is 11.6 Å². The van der Waals surface area contributed by atoms with E-state index in [4.69, 9.17) is 26.8 Å². The Morgan fingerprint density at radius 3 is 2.56 bits per heavy atom. The molecule has 2 aliphatic rings. The molecule has 1 saturated carbocycles. The number of rotatable bonds is 5. The standard InChI is InChI=1S/C20H30ClN3O3/c1-26-18-13-17(22)16(21)12-15(18)19(25)23-14-20(6-4-2-3-5-7-20)24-8-10-27-11-9-24/h12-13H,2-11,14,22H2,1H3,(H,23,25). The third-order valence-electron chi connectivity index (χ3n) is 5.86. The summed E-state index contributed by atoms with van der Waals surface area (Å²) in [5, 5.41) is 3.51. The number of carbonyl (C=O) groups excluding carboxylic acids is 1. The number of nitrogens with zero attached hydrogens (tertiary/aromatic N) is 1. The lowest BCUT2D eigenvalue weighted by atomic mass is 9.87. The number of benzene rings is 1. The SMILES string of the molecule is COc1cc(N)c(Cl)cc1C(=O)NCC1(N2CCOCC2)CCCCCC1.